The first-order valence-electron chi connectivity index (χ1n) is 5.51. The van der Waals surface area contributed by atoms with Gasteiger partial charge in [0.15, 0.2) is 0 Å². The fraction of sp³-hybridized carbons (Fsp3) is 0.462. The Morgan fingerprint density at radius 2 is 1.81 bits per heavy atom. The van der Waals surface area contributed by atoms with Gasteiger partial charge in [-0.05, 0) is 30.5 Å². The Morgan fingerprint density at radius 1 is 1.25 bits per heavy atom. The van der Waals surface area contributed by atoms with Crippen molar-refractivity contribution in [2.45, 2.75) is 32.7 Å². The summed E-state index contributed by atoms with van der Waals surface area (Å²) in [7, 11) is 0. The lowest BCUT2D eigenvalue weighted by Gasteiger charge is -2.11. The zero-order valence-electron chi connectivity index (χ0n) is 9.96. The summed E-state index contributed by atoms with van der Waals surface area (Å²) in [6.07, 6.45) is 0. The van der Waals surface area contributed by atoms with Crippen LogP contribution in [0.15, 0.2) is 24.3 Å². The highest BCUT2D eigenvalue weighted by Crippen LogP contribution is 2.14. The maximum absolute atomic E-state index is 11.8. The number of amides is 1. The lowest BCUT2D eigenvalue weighted by molar-refractivity contribution is 0.0944. The molecule has 88 valence electrons. The van der Waals surface area contributed by atoms with Crippen LogP contribution in [0.2, 0.25) is 0 Å². The van der Waals surface area contributed by atoms with E-state index in [1.165, 1.54) is 5.56 Å². The molecule has 16 heavy (non-hydrogen) atoms. The molecule has 1 unspecified atom stereocenters. The third-order valence-corrected chi connectivity index (χ3v) is 3.42. The van der Waals surface area contributed by atoms with Crippen molar-refractivity contribution in [2.24, 2.45) is 0 Å². The molecule has 1 aromatic carbocycles. The van der Waals surface area contributed by atoms with E-state index in [1.807, 2.05) is 31.2 Å². The smallest absolute Gasteiger partial charge is 0.251 e. The van der Waals surface area contributed by atoms with Crippen molar-refractivity contribution in [1.82, 2.24) is 5.32 Å². The van der Waals surface area contributed by atoms with Crippen molar-refractivity contribution in [1.29, 1.82) is 0 Å². The minimum Gasteiger partial charge on any atom is -0.349 e. The molecule has 0 aliphatic carbocycles. The van der Waals surface area contributed by atoms with Gasteiger partial charge in [0.05, 0.1) is 0 Å². The normalized spacial score (nSPS) is 12.6. The molecular weight excluding hydrogens is 266 g/mol. The molecule has 1 atom stereocenters. The van der Waals surface area contributed by atoms with E-state index in [4.69, 9.17) is 0 Å². The average molecular weight is 284 g/mol. The van der Waals surface area contributed by atoms with E-state index in [-0.39, 0.29) is 11.9 Å². The number of carbonyl (C=O) groups is 1. The van der Waals surface area contributed by atoms with Crippen LogP contribution >= 0.6 is 15.9 Å². The van der Waals surface area contributed by atoms with Crippen LogP contribution in [0.5, 0.6) is 0 Å². The molecule has 0 spiro atoms. The molecule has 0 fully saturated rings. The minimum atomic E-state index is -0.0118. The number of carbonyl (C=O) groups excluding carboxylic acids is 1. The second kappa shape index (κ2) is 6.04. The fourth-order valence-electron chi connectivity index (χ4n) is 1.37. The van der Waals surface area contributed by atoms with Crippen LogP contribution in [0.1, 0.15) is 42.6 Å². The van der Waals surface area contributed by atoms with Gasteiger partial charge < -0.3 is 5.32 Å². The molecule has 0 aromatic heterocycles. The number of rotatable bonds is 4. The molecule has 0 saturated carbocycles. The van der Waals surface area contributed by atoms with Crippen molar-refractivity contribution >= 4 is 21.8 Å². The van der Waals surface area contributed by atoms with Gasteiger partial charge in [0.25, 0.3) is 5.91 Å². The Bertz CT molecular complexity index is 345. The first-order valence-corrected chi connectivity index (χ1v) is 6.63. The largest absolute Gasteiger partial charge is 0.349 e. The molecule has 1 N–H and O–H groups in total. The number of nitrogens with one attached hydrogen (secondary N) is 1. The number of halogens is 1. The van der Waals surface area contributed by atoms with Gasteiger partial charge in [-0.25, -0.2) is 0 Å². The van der Waals surface area contributed by atoms with Gasteiger partial charge in [-0.3, -0.25) is 4.79 Å². The zero-order valence-corrected chi connectivity index (χ0v) is 11.5. The lowest BCUT2D eigenvalue weighted by Crippen LogP contribution is -2.33. The quantitative estimate of drug-likeness (QED) is 0.844. The fourth-order valence-corrected chi connectivity index (χ4v) is 1.53. The summed E-state index contributed by atoms with van der Waals surface area (Å²) in [6, 6.07) is 7.94. The van der Waals surface area contributed by atoms with E-state index in [9.17, 15) is 4.79 Å². The maximum atomic E-state index is 11.8. The predicted molar refractivity (Wildman–Crippen MR) is 71.3 cm³/mol. The van der Waals surface area contributed by atoms with E-state index in [0.29, 0.717) is 5.92 Å². The molecule has 0 radical (unpaired) electrons. The summed E-state index contributed by atoms with van der Waals surface area (Å²) in [4.78, 5) is 11.8. The molecule has 0 aliphatic heterocycles. The standard InChI is InChI=1S/C13H18BrNO/c1-9(2)11-4-6-12(7-5-11)13(16)15-10(3)8-14/h4-7,9-10H,8H2,1-3H3,(H,15,16). The Kier molecular flexibility index (Phi) is 5.00. The third kappa shape index (κ3) is 3.63. The van der Waals surface area contributed by atoms with Crippen molar-refractivity contribution in [3.8, 4) is 0 Å². The van der Waals surface area contributed by atoms with Gasteiger partial charge in [-0.2, -0.15) is 0 Å². The average Bonchev–Trinajstić information content (AvgIpc) is 2.28. The highest BCUT2D eigenvalue weighted by Gasteiger charge is 2.08. The van der Waals surface area contributed by atoms with Crippen LogP contribution < -0.4 is 5.32 Å². The van der Waals surface area contributed by atoms with E-state index in [0.717, 1.165) is 10.9 Å². The van der Waals surface area contributed by atoms with Crippen LogP contribution in [0.25, 0.3) is 0 Å². The second-order valence-corrected chi connectivity index (χ2v) is 4.95. The predicted octanol–water partition coefficient (Wildman–Crippen LogP) is 3.32. The van der Waals surface area contributed by atoms with Gasteiger partial charge in [0, 0.05) is 16.9 Å². The van der Waals surface area contributed by atoms with E-state index < -0.39 is 0 Å². The molecule has 0 heterocycles. The Morgan fingerprint density at radius 3 is 2.25 bits per heavy atom. The monoisotopic (exact) mass is 283 g/mol. The topological polar surface area (TPSA) is 29.1 Å². The highest BCUT2D eigenvalue weighted by atomic mass is 79.9. The lowest BCUT2D eigenvalue weighted by atomic mass is 10.0. The summed E-state index contributed by atoms with van der Waals surface area (Å²) < 4.78 is 0. The summed E-state index contributed by atoms with van der Waals surface area (Å²) in [5, 5.41) is 3.68. The van der Waals surface area contributed by atoms with E-state index in [1.54, 1.807) is 0 Å². The summed E-state index contributed by atoms with van der Waals surface area (Å²) in [5.41, 5.74) is 1.97. The first-order chi connectivity index (χ1) is 7.54. The van der Waals surface area contributed by atoms with Crippen LogP contribution in [0.3, 0.4) is 0 Å². The molecular formula is C13H18BrNO. The summed E-state index contributed by atoms with van der Waals surface area (Å²) in [6.45, 7) is 6.25. The van der Waals surface area contributed by atoms with Crippen LogP contribution in [-0.2, 0) is 0 Å². The van der Waals surface area contributed by atoms with Gasteiger partial charge in [-0.1, -0.05) is 41.9 Å². The molecule has 0 saturated heterocycles. The Labute approximate surface area is 106 Å². The molecule has 3 heteroatoms. The first kappa shape index (κ1) is 13.2. The van der Waals surface area contributed by atoms with Gasteiger partial charge >= 0.3 is 0 Å². The van der Waals surface area contributed by atoms with Gasteiger partial charge in [0.1, 0.15) is 0 Å². The van der Waals surface area contributed by atoms with Crippen LogP contribution in [-0.4, -0.2) is 17.3 Å². The van der Waals surface area contributed by atoms with Crippen molar-refractivity contribution in [3.63, 3.8) is 0 Å². The molecule has 1 rings (SSSR count). The van der Waals surface area contributed by atoms with Crippen molar-refractivity contribution in [2.75, 3.05) is 5.33 Å². The molecule has 1 aromatic rings. The van der Waals surface area contributed by atoms with E-state index >= 15 is 0 Å². The van der Waals surface area contributed by atoms with Crippen molar-refractivity contribution < 1.29 is 4.79 Å². The van der Waals surface area contributed by atoms with Gasteiger partial charge in [-0.15, -0.1) is 0 Å². The molecule has 2 nitrogen and oxygen atoms in total. The molecule has 0 aliphatic rings. The van der Waals surface area contributed by atoms with Crippen LogP contribution in [0, 0.1) is 0 Å². The molecule has 1 amide bonds. The molecule has 0 bridgehead atoms. The van der Waals surface area contributed by atoms with E-state index in [2.05, 4.69) is 35.1 Å². The minimum absolute atomic E-state index is 0.0118. The van der Waals surface area contributed by atoms with Crippen molar-refractivity contribution in [3.05, 3.63) is 35.4 Å². The SMILES string of the molecule is CC(CBr)NC(=O)c1ccc(C(C)C)cc1. The second-order valence-electron chi connectivity index (χ2n) is 4.31. The highest BCUT2D eigenvalue weighted by molar-refractivity contribution is 9.09. The number of alkyl halides is 1. The Hall–Kier alpha value is -0.830. The van der Waals surface area contributed by atoms with Gasteiger partial charge in [0.2, 0.25) is 0 Å². The summed E-state index contributed by atoms with van der Waals surface area (Å²) in [5.74, 6) is 0.487. The maximum Gasteiger partial charge on any atom is 0.251 e. The third-order valence-electron chi connectivity index (χ3n) is 2.45. The zero-order chi connectivity index (χ0) is 12.1. The summed E-state index contributed by atoms with van der Waals surface area (Å²) >= 11 is 3.33. The number of hydrogen-bond donors (Lipinski definition) is 1. The number of benzene rings is 1. The Balaban J connectivity index is 2.70. The van der Waals surface area contributed by atoms with Crippen LogP contribution in [0.4, 0.5) is 0 Å². The number of hydrogen-bond acceptors (Lipinski definition) is 1.